The second-order valence-electron chi connectivity index (χ2n) is 2.48. The number of rotatable bonds is 4. The summed E-state index contributed by atoms with van der Waals surface area (Å²) in [5, 5.41) is 8.66. The van der Waals surface area contributed by atoms with Gasteiger partial charge in [-0.2, -0.15) is 5.26 Å². The molecule has 0 aromatic carbocycles. The summed E-state index contributed by atoms with van der Waals surface area (Å²) in [4.78, 5) is 9.90. The predicted octanol–water partition coefficient (Wildman–Crippen LogP) is 0.183. The van der Waals surface area contributed by atoms with E-state index in [1.807, 2.05) is 4.89 Å². The fourth-order valence-electron chi connectivity index (χ4n) is 0.873. The van der Waals surface area contributed by atoms with Crippen molar-refractivity contribution in [2.45, 2.75) is 11.8 Å². The summed E-state index contributed by atoms with van der Waals surface area (Å²) in [5.74, 6) is 0. The van der Waals surface area contributed by atoms with Crippen molar-refractivity contribution in [3.05, 3.63) is 24.0 Å². The second-order valence-corrected chi connectivity index (χ2v) is 4.10. The molecule has 0 unspecified atom stereocenters. The molecular formula is C8H9N3O3S. The topological polar surface area (TPSA) is 92.1 Å². The van der Waals surface area contributed by atoms with E-state index in [0.29, 0.717) is 0 Å². The monoisotopic (exact) mass is 227 g/mol. The summed E-state index contributed by atoms with van der Waals surface area (Å²) >= 11 is 0. The maximum atomic E-state index is 11.5. The minimum atomic E-state index is -3.82. The van der Waals surface area contributed by atoms with Gasteiger partial charge in [0.1, 0.15) is 11.0 Å². The van der Waals surface area contributed by atoms with Crippen LogP contribution in [0.25, 0.3) is 0 Å². The fraction of sp³-hybridized carbons (Fsp3) is 0.250. The number of nitrogens with one attached hydrogen (secondary N) is 1. The van der Waals surface area contributed by atoms with Crippen molar-refractivity contribution in [2.24, 2.45) is 0 Å². The molecule has 0 spiro atoms. The number of pyridine rings is 1. The van der Waals surface area contributed by atoms with E-state index in [2.05, 4.69) is 9.82 Å². The zero-order valence-corrected chi connectivity index (χ0v) is 8.78. The van der Waals surface area contributed by atoms with Crippen molar-refractivity contribution >= 4 is 10.0 Å². The molecule has 15 heavy (non-hydrogen) atoms. The maximum absolute atomic E-state index is 11.5. The Labute approximate surface area is 87.5 Å². The van der Waals surface area contributed by atoms with E-state index in [1.54, 1.807) is 13.0 Å². The van der Waals surface area contributed by atoms with Crippen molar-refractivity contribution in [1.29, 1.82) is 5.26 Å². The Kier molecular flexibility index (Phi) is 3.74. The van der Waals surface area contributed by atoms with Crippen LogP contribution in [0.5, 0.6) is 0 Å². The minimum Gasteiger partial charge on any atom is -0.287 e. The van der Waals surface area contributed by atoms with Gasteiger partial charge in [0.25, 0.3) is 10.0 Å². The summed E-state index contributed by atoms with van der Waals surface area (Å²) in [6, 6.07) is 4.41. The summed E-state index contributed by atoms with van der Waals surface area (Å²) in [5.41, 5.74) is -0.162. The number of hydrogen-bond acceptors (Lipinski definition) is 5. The molecule has 0 aliphatic rings. The summed E-state index contributed by atoms with van der Waals surface area (Å²) in [7, 11) is -3.82. The number of hydrogen-bond donors (Lipinski definition) is 1. The van der Waals surface area contributed by atoms with E-state index in [1.165, 1.54) is 18.3 Å². The van der Waals surface area contributed by atoms with Crippen LogP contribution in [0.3, 0.4) is 0 Å². The Morgan fingerprint density at radius 2 is 2.40 bits per heavy atom. The largest absolute Gasteiger partial charge is 0.287 e. The van der Waals surface area contributed by atoms with Gasteiger partial charge in [0.05, 0.1) is 6.61 Å². The van der Waals surface area contributed by atoms with Crippen molar-refractivity contribution in [2.75, 3.05) is 6.61 Å². The lowest BCUT2D eigenvalue weighted by Gasteiger charge is -2.05. The average Bonchev–Trinajstić information content (AvgIpc) is 2.26. The molecule has 1 aromatic heterocycles. The van der Waals surface area contributed by atoms with E-state index in [4.69, 9.17) is 5.26 Å². The zero-order valence-electron chi connectivity index (χ0n) is 7.97. The smallest absolute Gasteiger partial charge is 0.265 e. The molecule has 1 N–H and O–H groups in total. The maximum Gasteiger partial charge on any atom is 0.265 e. The third-order valence-electron chi connectivity index (χ3n) is 1.48. The molecule has 0 radical (unpaired) electrons. The Morgan fingerprint density at radius 3 is 3.00 bits per heavy atom. The van der Waals surface area contributed by atoms with Gasteiger partial charge in [0, 0.05) is 6.20 Å². The lowest BCUT2D eigenvalue weighted by atomic mass is 10.4. The summed E-state index contributed by atoms with van der Waals surface area (Å²) in [6.07, 6.45) is 1.35. The normalized spacial score (nSPS) is 10.9. The van der Waals surface area contributed by atoms with Gasteiger partial charge >= 0.3 is 0 Å². The first-order valence-electron chi connectivity index (χ1n) is 4.10. The first kappa shape index (κ1) is 11.6. The molecule has 0 atom stereocenters. The van der Waals surface area contributed by atoms with Gasteiger partial charge in [-0.1, -0.05) is 4.89 Å². The Morgan fingerprint density at radius 1 is 1.67 bits per heavy atom. The van der Waals surface area contributed by atoms with Gasteiger partial charge in [-0.05, 0) is 19.1 Å². The molecule has 0 bridgehead atoms. The standard InChI is InChI=1S/C8H9N3O3S/c1-2-14-11-15(12,13)8-4-3-5-10-7(8)6-9/h3-5,11H,2H2,1H3. The van der Waals surface area contributed by atoms with Gasteiger partial charge in [0.2, 0.25) is 0 Å². The van der Waals surface area contributed by atoms with Gasteiger partial charge < -0.3 is 0 Å². The molecule has 1 rings (SSSR count). The van der Waals surface area contributed by atoms with E-state index < -0.39 is 10.0 Å². The quantitative estimate of drug-likeness (QED) is 0.741. The molecule has 80 valence electrons. The van der Waals surface area contributed by atoms with Crippen LogP contribution in [-0.2, 0) is 14.9 Å². The highest BCUT2D eigenvalue weighted by atomic mass is 32.2. The van der Waals surface area contributed by atoms with Crippen LogP contribution in [0.1, 0.15) is 12.6 Å². The first-order chi connectivity index (χ1) is 7.11. The zero-order chi connectivity index (χ0) is 11.3. The molecule has 1 aromatic rings. The first-order valence-corrected chi connectivity index (χ1v) is 5.59. The molecule has 0 fully saturated rings. The summed E-state index contributed by atoms with van der Waals surface area (Å²) < 4.78 is 23.1. The fourth-order valence-corrected chi connectivity index (χ4v) is 1.85. The van der Waals surface area contributed by atoms with Crippen molar-refractivity contribution < 1.29 is 13.3 Å². The Balaban J connectivity index is 3.11. The molecule has 7 heteroatoms. The Hall–Kier alpha value is -1.49. The van der Waals surface area contributed by atoms with Gasteiger partial charge in [-0.15, -0.1) is 0 Å². The van der Waals surface area contributed by atoms with Gasteiger partial charge in [-0.25, -0.2) is 13.4 Å². The predicted molar refractivity (Wildman–Crippen MR) is 50.9 cm³/mol. The number of sulfonamides is 1. The van der Waals surface area contributed by atoms with Crippen LogP contribution in [-0.4, -0.2) is 20.0 Å². The summed E-state index contributed by atoms with van der Waals surface area (Å²) in [6.45, 7) is 1.83. The Bertz CT molecular complexity index is 478. The highest BCUT2D eigenvalue weighted by Crippen LogP contribution is 2.11. The van der Waals surface area contributed by atoms with Crippen LogP contribution in [0.2, 0.25) is 0 Å². The lowest BCUT2D eigenvalue weighted by Crippen LogP contribution is -2.25. The molecular weight excluding hydrogens is 218 g/mol. The van der Waals surface area contributed by atoms with E-state index in [9.17, 15) is 8.42 Å². The van der Waals surface area contributed by atoms with E-state index in [-0.39, 0.29) is 17.2 Å². The molecule has 0 aliphatic carbocycles. The van der Waals surface area contributed by atoms with Crippen LogP contribution < -0.4 is 4.89 Å². The van der Waals surface area contributed by atoms with Crippen LogP contribution in [0, 0.1) is 11.3 Å². The van der Waals surface area contributed by atoms with Crippen LogP contribution in [0.15, 0.2) is 23.2 Å². The van der Waals surface area contributed by atoms with Gasteiger partial charge in [0.15, 0.2) is 5.69 Å². The lowest BCUT2D eigenvalue weighted by molar-refractivity contribution is 0.105. The molecule has 0 saturated heterocycles. The van der Waals surface area contributed by atoms with Gasteiger partial charge in [-0.3, -0.25) is 4.84 Å². The molecule has 6 nitrogen and oxygen atoms in total. The third-order valence-corrected chi connectivity index (χ3v) is 2.72. The van der Waals surface area contributed by atoms with Crippen molar-refractivity contribution in [3.8, 4) is 6.07 Å². The van der Waals surface area contributed by atoms with Crippen molar-refractivity contribution in [3.63, 3.8) is 0 Å². The number of nitriles is 1. The van der Waals surface area contributed by atoms with E-state index in [0.717, 1.165) is 0 Å². The van der Waals surface area contributed by atoms with Crippen LogP contribution >= 0.6 is 0 Å². The minimum absolute atomic E-state index is 0.162. The number of aromatic nitrogens is 1. The highest BCUT2D eigenvalue weighted by Gasteiger charge is 2.18. The molecule has 0 saturated carbocycles. The average molecular weight is 227 g/mol. The van der Waals surface area contributed by atoms with E-state index >= 15 is 0 Å². The van der Waals surface area contributed by atoms with Crippen molar-refractivity contribution in [1.82, 2.24) is 9.87 Å². The highest BCUT2D eigenvalue weighted by molar-refractivity contribution is 7.89. The second kappa shape index (κ2) is 4.84. The molecule has 1 heterocycles. The SMILES string of the molecule is CCONS(=O)(=O)c1cccnc1C#N. The third kappa shape index (κ3) is 2.73. The molecule has 0 aliphatic heterocycles. The van der Waals surface area contributed by atoms with Crippen LogP contribution in [0.4, 0.5) is 0 Å². The molecule has 0 amide bonds. The number of nitrogens with zero attached hydrogens (tertiary/aromatic N) is 2.